The van der Waals surface area contributed by atoms with Gasteiger partial charge in [-0.15, -0.1) is 0 Å². The molecule has 0 N–H and O–H groups in total. The van der Waals surface area contributed by atoms with E-state index in [4.69, 9.17) is 4.74 Å². The van der Waals surface area contributed by atoms with Crippen LogP contribution in [0.4, 0.5) is 0 Å². The van der Waals surface area contributed by atoms with Crippen molar-refractivity contribution >= 4 is 16.6 Å². The van der Waals surface area contributed by atoms with E-state index in [9.17, 15) is 4.79 Å². The SMILES string of the molecule is O=C1COc2c1ccc1ccncc21. The maximum atomic E-state index is 11.4. The summed E-state index contributed by atoms with van der Waals surface area (Å²) < 4.78 is 5.33. The van der Waals surface area contributed by atoms with Crippen LogP contribution in [0.3, 0.4) is 0 Å². The fourth-order valence-electron chi connectivity index (χ4n) is 1.72. The van der Waals surface area contributed by atoms with E-state index in [1.54, 1.807) is 12.4 Å². The van der Waals surface area contributed by atoms with Crippen LogP contribution in [0.25, 0.3) is 10.8 Å². The van der Waals surface area contributed by atoms with Gasteiger partial charge in [-0.3, -0.25) is 9.78 Å². The van der Waals surface area contributed by atoms with E-state index >= 15 is 0 Å². The van der Waals surface area contributed by atoms with Crippen LogP contribution >= 0.6 is 0 Å². The molecule has 0 atom stereocenters. The highest BCUT2D eigenvalue weighted by atomic mass is 16.5. The number of hydrogen-bond acceptors (Lipinski definition) is 3. The van der Waals surface area contributed by atoms with Gasteiger partial charge in [-0.1, -0.05) is 6.07 Å². The molecule has 68 valence electrons. The van der Waals surface area contributed by atoms with E-state index < -0.39 is 0 Å². The number of rotatable bonds is 0. The minimum atomic E-state index is 0.0470. The lowest BCUT2D eigenvalue weighted by molar-refractivity contribution is 0.0961. The average Bonchev–Trinajstić information content (AvgIpc) is 2.61. The molecule has 2 aromatic rings. The van der Waals surface area contributed by atoms with Crippen LogP contribution in [0, 0.1) is 0 Å². The van der Waals surface area contributed by atoms with E-state index in [2.05, 4.69) is 4.98 Å². The monoisotopic (exact) mass is 185 g/mol. The van der Waals surface area contributed by atoms with Crippen LogP contribution in [0.2, 0.25) is 0 Å². The van der Waals surface area contributed by atoms with Crippen LogP contribution in [0.5, 0.6) is 5.75 Å². The lowest BCUT2D eigenvalue weighted by Crippen LogP contribution is -1.98. The highest BCUT2D eigenvalue weighted by Crippen LogP contribution is 2.33. The quantitative estimate of drug-likeness (QED) is 0.628. The van der Waals surface area contributed by atoms with Crippen molar-refractivity contribution in [3.8, 4) is 5.75 Å². The Morgan fingerprint density at radius 1 is 1.29 bits per heavy atom. The number of fused-ring (bicyclic) bond motifs is 3. The molecule has 0 radical (unpaired) electrons. The van der Waals surface area contributed by atoms with Gasteiger partial charge in [-0.25, -0.2) is 0 Å². The fraction of sp³-hybridized carbons (Fsp3) is 0.0909. The number of Topliss-reactive ketones (excluding diaryl/α,β-unsaturated/α-hetero) is 1. The topological polar surface area (TPSA) is 39.2 Å². The second kappa shape index (κ2) is 2.54. The Morgan fingerprint density at radius 3 is 3.14 bits per heavy atom. The number of carbonyl (C=O) groups is 1. The zero-order valence-corrected chi connectivity index (χ0v) is 7.36. The summed E-state index contributed by atoms with van der Waals surface area (Å²) in [4.78, 5) is 15.4. The standard InChI is InChI=1S/C11H7NO2/c13-10-6-14-11-8(10)2-1-7-3-4-12-5-9(7)11/h1-5H,6H2. The highest BCUT2D eigenvalue weighted by Gasteiger charge is 2.22. The van der Waals surface area contributed by atoms with Crippen molar-refractivity contribution < 1.29 is 9.53 Å². The van der Waals surface area contributed by atoms with Gasteiger partial charge in [0.15, 0.2) is 6.61 Å². The van der Waals surface area contributed by atoms with Gasteiger partial charge in [-0.2, -0.15) is 0 Å². The molecule has 0 spiro atoms. The van der Waals surface area contributed by atoms with E-state index in [1.807, 2.05) is 18.2 Å². The van der Waals surface area contributed by atoms with Gasteiger partial charge >= 0.3 is 0 Å². The Labute approximate surface area is 80.3 Å². The summed E-state index contributed by atoms with van der Waals surface area (Å²) in [6, 6.07) is 5.64. The molecule has 0 saturated carbocycles. The molecular formula is C11H7NO2. The Hall–Kier alpha value is -1.90. The molecular weight excluding hydrogens is 178 g/mol. The molecule has 1 aromatic carbocycles. The van der Waals surface area contributed by atoms with Crippen LogP contribution in [-0.2, 0) is 0 Å². The van der Waals surface area contributed by atoms with Crippen molar-refractivity contribution in [1.29, 1.82) is 0 Å². The van der Waals surface area contributed by atoms with E-state index in [0.29, 0.717) is 11.3 Å². The molecule has 2 heterocycles. The molecule has 0 saturated heterocycles. The Bertz CT molecular complexity index is 534. The summed E-state index contributed by atoms with van der Waals surface area (Å²) in [7, 11) is 0. The molecule has 0 aliphatic carbocycles. The van der Waals surface area contributed by atoms with Crippen molar-refractivity contribution in [3.05, 3.63) is 36.2 Å². The number of benzene rings is 1. The maximum Gasteiger partial charge on any atom is 0.203 e. The molecule has 1 aliphatic rings. The fourth-order valence-corrected chi connectivity index (χ4v) is 1.72. The summed E-state index contributed by atoms with van der Waals surface area (Å²) >= 11 is 0. The van der Waals surface area contributed by atoms with Crippen LogP contribution in [0.1, 0.15) is 10.4 Å². The minimum absolute atomic E-state index is 0.0470. The number of ketones is 1. The molecule has 1 aliphatic heterocycles. The number of ether oxygens (including phenoxy) is 1. The number of nitrogens with zero attached hydrogens (tertiary/aromatic N) is 1. The summed E-state index contributed by atoms with van der Waals surface area (Å²) in [5.74, 6) is 0.728. The second-order valence-corrected chi connectivity index (χ2v) is 3.25. The molecule has 0 bridgehead atoms. The van der Waals surface area contributed by atoms with E-state index in [1.165, 1.54) is 0 Å². The number of aromatic nitrogens is 1. The molecule has 0 fully saturated rings. The molecule has 3 heteroatoms. The van der Waals surface area contributed by atoms with Crippen molar-refractivity contribution in [2.24, 2.45) is 0 Å². The van der Waals surface area contributed by atoms with Crippen LogP contribution < -0.4 is 4.74 Å². The molecule has 1 aromatic heterocycles. The lowest BCUT2D eigenvalue weighted by atomic mass is 10.1. The number of hydrogen-bond donors (Lipinski definition) is 0. The zero-order valence-electron chi connectivity index (χ0n) is 7.36. The van der Waals surface area contributed by atoms with Gasteiger partial charge in [0.2, 0.25) is 5.78 Å². The first-order valence-corrected chi connectivity index (χ1v) is 4.39. The van der Waals surface area contributed by atoms with Gasteiger partial charge in [0, 0.05) is 17.8 Å². The van der Waals surface area contributed by atoms with Crippen molar-refractivity contribution in [2.45, 2.75) is 0 Å². The van der Waals surface area contributed by atoms with Gasteiger partial charge in [-0.05, 0) is 17.5 Å². The Balaban J connectivity index is 2.44. The summed E-state index contributed by atoms with van der Waals surface area (Å²) in [5.41, 5.74) is 0.672. The lowest BCUT2D eigenvalue weighted by Gasteiger charge is -2.01. The molecule has 3 nitrogen and oxygen atoms in total. The molecule has 3 rings (SSSR count). The number of carbonyl (C=O) groups excluding carboxylic acids is 1. The number of pyridine rings is 1. The van der Waals surface area contributed by atoms with Crippen molar-refractivity contribution in [3.63, 3.8) is 0 Å². The van der Waals surface area contributed by atoms with Crippen molar-refractivity contribution in [1.82, 2.24) is 4.98 Å². The predicted octanol–water partition coefficient (Wildman–Crippen LogP) is 1.81. The third-order valence-electron chi connectivity index (χ3n) is 2.42. The summed E-state index contributed by atoms with van der Waals surface area (Å²) in [6.07, 6.45) is 3.46. The summed E-state index contributed by atoms with van der Waals surface area (Å²) in [5, 5.41) is 1.96. The van der Waals surface area contributed by atoms with Crippen molar-refractivity contribution in [2.75, 3.05) is 6.61 Å². The van der Waals surface area contributed by atoms with E-state index in [-0.39, 0.29) is 12.4 Å². The third kappa shape index (κ3) is 0.865. The largest absolute Gasteiger partial charge is 0.484 e. The second-order valence-electron chi connectivity index (χ2n) is 3.25. The predicted molar refractivity (Wildman–Crippen MR) is 51.6 cm³/mol. The van der Waals surface area contributed by atoms with E-state index in [0.717, 1.165) is 10.8 Å². The first-order chi connectivity index (χ1) is 6.86. The normalized spacial score (nSPS) is 14.1. The zero-order chi connectivity index (χ0) is 9.54. The van der Waals surface area contributed by atoms with Gasteiger partial charge < -0.3 is 4.74 Å². The average molecular weight is 185 g/mol. The molecule has 0 unspecified atom stereocenters. The maximum absolute atomic E-state index is 11.4. The smallest absolute Gasteiger partial charge is 0.203 e. The third-order valence-corrected chi connectivity index (χ3v) is 2.42. The summed E-state index contributed by atoms with van der Waals surface area (Å²) in [6.45, 7) is 0.156. The van der Waals surface area contributed by atoms with Crippen LogP contribution in [0.15, 0.2) is 30.6 Å². The Morgan fingerprint density at radius 2 is 2.21 bits per heavy atom. The minimum Gasteiger partial charge on any atom is -0.484 e. The first-order valence-electron chi connectivity index (χ1n) is 4.39. The highest BCUT2D eigenvalue weighted by molar-refractivity contribution is 6.07. The van der Waals surface area contributed by atoms with Gasteiger partial charge in [0.25, 0.3) is 0 Å². The van der Waals surface area contributed by atoms with Gasteiger partial charge in [0.05, 0.1) is 5.56 Å². The van der Waals surface area contributed by atoms with Crippen LogP contribution in [-0.4, -0.2) is 17.4 Å². The molecule has 0 amide bonds. The Kier molecular flexibility index (Phi) is 1.36. The molecule has 14 heavy (non-hydrogen) atoms. The first kappa shape index (κ1) is 7.50. The van der Waals surface area contributed by atoms with Gasteiger partial charge in [0.1, 0.15) is 5.75 Å².